The Bertz CT molecular complexity index is 1460. The van der Waals surface area contributed by atoms with Gasteiger partial charge < -0.3 is 14.5 Å². The number of rotatable bonds is 5. The number of nitrogens with zero attached hydrogens (tertiary/aromatic N) is 6. The zero-order chi connectivity index (χ0) is 27.6. The minimum Gasteiger partial charge on any atom is -0.378 e. The van der Waals surface area contributed by atoms with Gasteiger partial charge in [-0.15, -0.1) is 0 Å². The third kappa shape index (κ3) is 4.00. The Hall–Kier alpha value is -2.88. The highest BCUT2D eigenvalue weighted by atomic mass is 35.5. The van der Waals surface area contributed by atoms with Gasteiger partial charge in [0.2, 0.25) is 5.91 Å². The van der Waals surface area contributed by atoms with Crippen LogP contribution < -0.4 is 4.90 Å². The molecule has 1 spiro atoms. The zero-order valence-corrected chi connectivity index (χ0v) is 24.2. The minimum absolute atomic E-state index is 0.00701. The Balaban J connectivity index is 1.34. The fraction of sp³-hybridized carbons (Fsp3) is 0.567. The van der Waals surface area contributed by atoms with Gasteiger partial charge in [0.05, 0.1) is 47.6 Å². The number of H-pyrrole nitrogens is 1. The molecule has 1 amide bonds. The van der Waals surface area contributed by atoms with Crippen molar-refractivity contribution >= 4 is 34.2 Å². The second kappa shape index (κ2) is 9.89. The van der Waals surface area contributed by atoms with Gasteiger partial charge in [0.25, 0.3) is 0 Å². The molecule has 10 heteroatoms. The van der Waals surface area contributed by atoms with Crippen LogP contribution in [0.15, 0.2) is 24.9 Å². The van der Waals surface area contributed by atoms with Crippen LogP contribution in [0.5, 0.6) is 0 Å². The number of fused-ring (bicyclic) bond motifs is 1. The Morgan fingerprint density at radius 3 is 2.58 bits per heavy atom. The van der Waals surface area contributed by atoms with Crippen molar-refractivity contribution in [2.45, 2.75) is 63.6 Å². The lowest BCUT2D eigenvalue weighted by atomic mass is 9.73. The average molecular weight is 564 g/mol. The van der Waals surface area contributed by atoms with Crippen LogP contribution in [0.2, 0.25) is 5.02 Å². The number of hydrogen-bond donors (Lipinski definition) is 1. The number of ether oxygens (including phenoxy) is 1. The Labute approximate surface area is 240 Å². The Kier molecular flexibility index (Phi) is 6.44. The Morgan fingerprint density at radius 1 is 1.15 bits per heavy atom. The molecular formula is C30H38ClN7O2. The van der Waals surface area contributed by atoms with Crippen molar-refractivity contribution in [2.24, 2.45) is 0 Å². The molecule has 4 fully saturated rings. The van der Waals surface area contributed by atoms with E-state index in [1.165, 1.54) is 25.3 Å². The van der Waals surface area contributed by atoms with Gasteiger partial charge in [-0.05, 0) is 63.7 Å². The summed E-state index contributed by atoms with van der Waals surface area (Å²) in [4.78, 5) is 19.4. The second-order valence-electron chi connectivity index (χ2n) is 12.1. The van der Waals surface area contributed by atoms with Gasteiger partial charge in [0.15, 0.2) is 5.82 Å². The third-order valence-electron chi connectivity index (χ3n) is 9.90. The number of likely N-dealkylation sites (tertiary alicyclic amines) is 1. The van der Waals surface area contributed by atoms with Gasteiger partial charge in [0.1, 0.15) is 0 Å². The molecule has 0 radical (unpaired) electrons. The first kappa shape index (κ1) is 26.0. The second-order valence-corrected chi connectivity index (χ2v) is 12.5. The number of hydrogen-bond acceptors (Lipinski definition) is 6. The molecule has 212 valence electrons. The Morgan fingerprint density at radius 2 is 1.93 bits per heavy atom. The van der Waals surface area contributed by atoms with E-state index in [2.05, 4.69) is 51.2 Å². The number of aromatic amines is 1. The number of aryl methyl sites for hydroxylation is 1. The maximum atomic E-state index is 12.2. The predicted octanol–water partition coefficient (Wildman–Crippen LogP) is 4.49. The van der Waals surface area contributed by atoms with Crippen LogP contribution in [-0.2, 0) is 9.53 Å². The van der Waals surface area contributed by atoms with Crippen molar-refractivity contribution in [3.8, 4) is 11.1 Å². The van der Waals surface area contributed by atoms with Crippen molar-refractivity contribution in [3.05, 3.63) is 41.2 Å². The van der Waals surface area contributed by atoms with E-state index in [1.807, 2.05) is 11.1 Å². The van der Waals surface area contributed by atoms with Crippen molar-refractivity contribution in [1.29, 1.82) is 0 Å². The first-order chi connectivity index (χ1) is 19.4. The molecule has 7 rings (SSSR count). The fourth-order valence-electron chi connectivity index (χ4n) is 7.34. The highest BCUT2D eigenvalue weighted by molar-refractivity contribution is 6.36. The summed E-state index contributed by atoms with van der Waals surface area (Å²) in [5.74, 6) is 1.05. The van der Waals surface area contributed by atoms with Gasteiger partial charge in [-0.3, -0.25) is 19.5 Å². The summed E-state index contributed by atoms with van der Waals surface area (Å²) in [5.41, 5.74) is 5.36. The molecule has 40 heavy (non-hydrogen) atoms. The number of piperidine rings is 1. The first-order valence-corrected chi connectivity index (χ1v) is 15.0. The molecular weight excluding hydrogens is 526 g/mol. The van der Waals surface area contributed by atoms with Gasteiger partial charge in [-0.1, -0.05) is 18.2 Å². The van der Waals surface area contributed by atoms with E-state index in [1.54, 1.807) is 0 Å². The molecule has 1 aliphatic carbocycles. The summed E-state index contributed by atoms with van der Waals surface area (Å²) in [7, 11) is 0. The number of carbonyl (C=O) groups excluding carboxylic acids is 1. The number of halogens is 1. The number of anilines is 1. The summed E-state index contributed by atoms with van der Waals surface area (Å²) >= 11 is 7.15. The quantitative estimate of drug-likeness (QED) is 0.461. The number of amides is 1. The molecule has 3 aromatic rings. The molecule has 3 aliphatic heterocycles. The van der Waals surface area contributed by atoms with Gasteiger partial charge in [0, 0.05) is 54.9 Å². The molecule has 0 bridgehead atoms. The summed E-state index contributed by atoms with van der Waals surface area (Å²) in [5, 5.41) is 14.8. The molecule has 2 aromatic heterocycles. The number of carbonyl (C=O) groups is 1. The lowest BCUT2D eigenvalue weighted by Gasteiger charge is -2.58. The number of aromatic nitrogens is 4. The standard InChI is InChI=1S/C30H38ClN7O2/c1-4-25(39)35-10-6-21(7-11-35)38-20(3)26(27-23-15-32-33-24(23)14-19(2)28(27)31)29(34-38)37-13-12-36(22-16-40-17-22)18-30(37)8-5-9-30/h4,14-15,21-22H,1,5-13,16-18H2,2-3H3,(H,32,33). The summed E-state index contributed by atoms with van der Waals surface area (Å²) < 4.78 is 7.78. The first-order valence-electron chi connectivity index (χ1n) is 14.6. The minimum atomic E-state index is 0.00701. The largest absolute Gasteiger partial charge is 0.378 e. The van der Waals surface area contributed by atoms with Crippen LogP contribution >= 0.6 is 11.6 Å². The highest BCUT2D eigenvalue weighted by Gasteiger charge is 2.50. The maximum Gasteiger partial charge on any atom is 0.245 e. The number of benzene rings is 1. The third-order valence-corrected chi connectivity index (χ3v) is 10.4. The maximum absolute atomic E-state index is 12.2. The molecule has 1 N–H and O–H groups in total. The van der Waals surface area contributed by atoms with Crippen LogP contribution in [0.25, 0.3) is 22.0 Å². The van der Waals surface area contributed by atoms with Gasteiger partial charge in [-0.2, -0.15) is 10.2 Å². The number of nitrogens with one attached hydrogen (secondary N) is 1. The van der Waals surface area contributed by atoms with E-state index in [4.69, 9.17) is 21.4 Å². The molecule has 9 nitrogen and oxygen atoms in total. The average Bonchev–Trinajstić information content (AvgIpc) is 3.51. The summed E-state index contributed by atoms with van der Waals surface area (Å²) in [6, 6.07) is 2.83. The fourth-order valence-corrected chi connectivity index (χ4v) is 7.59. The molecule has 0 unspecified atom stereocenters. The van der Waals surface area contributed by atoms with Crippen molar-refractivity contribution < 1.29 is 9.53 Å². The van der Waals surface area contributed by atoms with E-state index in [-0.39, 0.29) is 17.5 Å². The lowest BCUT2D eigenvalue weighted by Crippen LogP contribution is -2.69. The van der Waals surface area contributed by atoms with E-state index in [9.17, 15) is 4.79 Å². The van der Waals surface area contributed by atoms with Gasteiger partial charge >= 0.3 is 0 Å². The topological polar surface area (TPSA) is 82.5 Å². The molecule has 4 aliphatic rings. The predicted molar refractivity (Wildman–Crippen MR) is 157 cm³/mol. The summed E-state index contributed by atoms with van der Waals surface area (Å²) in [6.07, 6.45) is 8.63. The molecule has 1 saturated carbocycles. The van der Waals surface area contributed by atoms with E-state index in [0.29, 0.717) is 19.1 Å². The summed E-state index contributed by atoms with van der Waals surface area (Å²) in [6.45, 7) is 14.0. The van der Waals surface area contributed by atoms with Crippen molar-refractivity contribution in [2.75, 3.05) is 50.8 Å². The zero-order valence-electron chi connectivity index (χ0n) is 23.5. The molecule has 5 heterocycles. The van der Waals surface area contributed by atoms with Crippen LogP contribution in [0.3, 0.4) is 0 Å². The SMILES string of the molecule is C=CC(=O)N1CCC(n2nc(N3CCN(C4COC4)CC34CCC4)c(-c3c(Cl)c(C)cc4[nH]ncc34)c2C)CC1. The van der Waals surface area contributed by atoms with E-state index < -0.39 is 0 Å². The van der Waals surface area contributed by atoms with Gasteiger partial charge in [-0.25, -0.2) is 0 Å². The molecule has 3 saturated heterocycles. The molecule has 1 aromatic carbocycles. The van der Waals surface area contributed by atoms with Crippen LogP contribution in [0, 0.1) is 13.8 Å². The van der Waals surface area contributed by atoms with Crippen LogP contribution in [0.4, 0.5) is 5.82 Å². The lowest BCUT2D eigenvalue weighted by molar-refractivity contribution is -0.127. The smallest absolute Gasteiger partial charge is 0.245 e. The van der Waals surface area contributed by atoms with E-state index in [0.717, 1.165) is 89.8 Å². The van der Waals surface area contributed by atoms with Crippen molar-refractivity contribution in [3.63, 3.8) is 0 Å². The van der Waals surface area contributed by atoms with Crippen LogP contribution in [-0.4, -0.2) is 93.2 Å². The normalized spacial score (nSPS) is 22.1. The number of piperazine rings is 1. The highest BCUT2D eigenvalue weighted by Crippen LogP contribution is 2.49. The van der Waals surface area contributed by atoms with E-state index >= 15 is 0 Å². The monoisotopic (exact) mass is 563 g/mol. The van der Waals surface area contributed by atoms with Crippen molar-refractivity contribution in [1.82, 2.24) is 29.8 Å². The van der Waals surface area contributed by atoms with Crippen LogP contribution in [0.1, 0.15) is 49.4 Å². The molecule has 0 atom stereocenters.